The molecule has 1 aromatic heterocycles. The van der Waals surface area contributed by atoms with Gasteiger partial charge in [-0.25, -0.2) is 0 Å². The van der Waals surface area contributed by atoms with Gasteiger partial charge in [0, 0.05) is 48.3 Å². The van der Waals surface area contributed by atoms with Gasteiger partial charge in [-0.05, 0) is 88.6 Å². The Morgan fingerprint density at radius 1 is 1.23 bits per heavy atom. The first-order valence-electron chi connectivity index (χ1n) is 14.1. The van der Waals surface area contributed by atoms with Crippen LogP contribution in [-0.4, -0.2) is 69.6 Å². The lowest BCUT2D eigenvalue weighted by Crippen LogP contribution is -2.71. The van der Waals surface area contributed by atoms with Crippen molar-refractivity contribution in [2.75, 3.05) is 20.1 Å². The number of hydrogen-bond donors (Lipinski definition) is 3. The summed E-state index contributed by atoms with van der Waals surface area (Å²) in [6.45, 7) is 5.74. The van der Waals surface area contributed by atoms with Gasteiger partial charge < -0.3 is 25.3 Å². The third-order valence-corrected chi connectivity index (χ3v) is 10.0. The molecule has 5 rings (SSSR count). The number of aromatic hydroxyl groups is 1. The van der Waals surface area contributed by atoms with Crippen LogP contribution < -0.4 is 5.73 Å². The summed E-state index contributed by atoms with van der Waals surface area (Å²) >= 11 is 0. The summed E-state index contributed by atoms with van der Waals surface area (Å²) < 4.78 is 5.09. The van der Waals surface area contributed by atoms with E-state index >= 15 is 0 Å². The lowest BCUT2D eigenvalue weighted by atomic mass is 9.52. The van der Waals surface area contributed by atoms with Crippen LogP contribution in [0, 0.1) is 12.8 Å². The lowest BCUT2D eigenvalue weighted by Gasteiger charge is -2.62. The van der Waals surface area contributed by atoms with Gasteiger partial charge in [0.25, 0.3) is 5.91 Å². The maximum Gasteiger partial charge on any atom is 0.252 e. The highest BCUT2D eigenvalue weighted by Gasteiger charge is 2.62. The summed E-state index contributed by atoms with van der Waals surface area (Å²) in [5.74, 6) is -0.314. The van der Waals surface area contributed by atoms with E-state index in [0.29, 0.717) is 37.2 Å². The zero-order chi connectivity index (χ0) is 27.9. The highest BCUT2D eigenvalue weighted by molar-refractivity contribution is 5.96. The molecule has 1 saturated heterocycles. The van der Waals surface area contributed by atoms with Crippen LogP contribution >= 0.6 is 0 Å². The topological polar surface area (TPSA) is 120 Å². The van der Waals surface area contributed by atoms with Gasteiger partial charge in [-0.1, -0.05) is 12.5 Å². The van der Waals surface area contributed by atoms with E-state index in [1.165, 1.54) is 19.3 Å². The number of amides is 2. The fourth-order valence-electron chi connectivity index (χ4n) is 7.42. The minimum atomic E-state index is -1.15. The maximum atomic E-state index is 13.2. The quantitative estimate of drug-likeness (QED) is 0.462. The third-order valence-electron chi connectivity index (χ3n) is 10.0. The van der Waals surface area contributed by atoms with Crippen molar-refractivity contribution in [1.82, 2.24) is 9.80 Å². The number of hydrogen-bond acceptors (Lipinski definition) is 6. The summed E-state index contributed by atoms with van der Waals surface area (Å²) in [5, 5.41) is 24.2. The minimum Gasteiger partial charge on any atom is -0.507 e. The van der Waals surface area contributed by atoms with Crippen LogP contribution in [0.5, 0.6) is 5.75 Å². The average Bonchev–Trinajstić information content (AvgIpc) is 3.40. The first kappa shape index (κ1) is 27.5. The van der Waals surface area contributed by atoms with Crippen LogP contribution in [0.4, 0.5) is 0 Å². The number of piperidine rings is 1. The number of carbonyl (C=O) groups excluding carboxylic acids is 2. The first-order chi connectivity index (χ1) is 18.6. The second kappa shape index (κ2) is 10.5. The molecular formula is C31H41N3O5. The molecule has 3 aliphatic rings. The van der Waals surface area contributed by atoms with E-state index in [1.54, 1.807) is 48.8 Å². The van der Waals surface area contributed by atoms with Crippen LogP contribution in [0.25, 0.3) is 6.08 Å². The van der Waals surface area contributed by atoms with Gasteiger partial charge in [-0.2, -0.15) is 0 Å². The summed E-state index contributed by atoms with van der Waals surface area (Å²) in [7, 11) is 1.80. The molecule has 8 heteroatoms. The molecule has 2 amide bonds. The number of aryl methyl sites for hydroxylation is 1. The fourth-order valence-corrected chi connectivity index (χ4v) is 7.42. The Bertz CT molecular complexity index is 1250. The largest absolute Gasteiger partial charge is 0.507 e. The highest BCUT2D eigenvalue weighted by atomic mass is 16.3. The monoisotopic (exact) mass is 535 g/mol. The van der Waals surface area contributed by atoms with E-state index in [1.807, 2.05) is 13.0 Å². The van der Waals surface area contributed by atoms with Crippen molar-refractivity contribution >= 4 is 17.9 Å². The number of rotatable bonds is 7. The standard InChI is InChI=1S/C31H41N3O5/c1-20-7-9-25(29(32)37)28(36)27(20)30-14-15-34(18-22-5-4-6-22)21(2)31(30,38)13-11-24(17-30)33(3)26(35)10-8-23-12-16-39-19-23/h7-10,12,16,19,21-22,24,36,38H,4-6,11,13-15,17-18H2,1-3H3,(H2,32,37)/b10-8+/t21-,24?,30-,31-/m1/s1. The number of nitrogens with two attached hydrogens (primary N) is 1. The number of likely N-dealkylation sites (N-methyl/N-ethyl adjacent to an activating group) is 1. The highest BCUT2D eigenvalue weighted by Crippen LogP contribution is 2.57. The van der Waals surface area contributed by atoms with Gasteiger partial charge in [-0.15, -0.1) is 0 Å². The Morgan fingerprint density at radius 3 is 2.64 bits per heavy atom. The van der Waals surface area contributed by atoms with Gasteiger partial charge in [0.15, 0.2) is 0 Å². The zero-order valence-corrected chi connectivity index (χ0v) is 23.2. The summed E-state index contributed by atoms with van der Waals surface area (Å²) in [5.41, 5.74) is 5.91. The molecule has 2 heterocycles. The number of furan rings is 1. The number of aliphatic hydroxyl groups is 1. The normalized spacial score (nSPS) is 29.6. The van der Waals surface area contributed by atoms with Gasteiger partial charge >= 0.3 is 0 Å². The molecule has 3 fully saturated rings. The molecule has 0 spiro atoms. The second-order valence-corrected chi connectivity index (χ2v) is 12.0. The van der Waals surface area contributed by atoms with Crippen molar-refractivity contribution in [1.29, 1.82) is 0 Å². The van der Waals surface area contributed by atoms with Crippen LogP contribution in [0.3, 0.4) is 0 Å². The molecule has 8 nitrogen and oxygen atoms in total. The van der Waals surface area contributed by atoms with E-state index in [9.17, 15) is 19.8 Å². The van der Waals surface area contributed by atoms with Gasteiger partial charge in [0.05, 0.1) is 23.7 Å². The van der Waals surface area contributed by atoms with Gasteiger partial charge in [-0.3, -0.25) is 14.5 Å². The lowest BCUT2D eigenvalue weighted by molar-refractivity contribution is -0.170. The molecule has 2 saturated carbocycles. The van der Waals surface area contributed by atoms with Crippen molar-refractivity contribution < 1.29 is 24.2 Å². The van der Waals surface area contributed by atoms with Gasteiger partial charge in [0.1, 0.15) is 5.75 Å². The molecular weight excluding hydrogens is 494 g/mol. The molecule has 4 N–H and O–H groups in total. The van der Waals surface area contributed by atoms with Crippen LogP contribution in [0.15, 0.2) is 41.2 Å². The van der Waals surface area contributed by atoms with Crippen molar-refractivity contribution in [2.24, 2.45) is 11.7 Å². The van der Waals surface area contributed by atoms with Crippen LogP contribution in [-0.2, 0) is 10.2 Å². The van der Waals surface area contributed by atoms with Crippen molar-refractivity contribution in [2.45, 2.75) is 81.9 Å². The summed E-state index contributed by atoms with van der Waals surface area (Å²) in [4.78, 5) is 29.6. The predicted octanol–water partition coefficient (Wildman–Crippen LogP) is 3.98. The molecule has 1 aromatic carbocycles. The molecule has 2 aliphatic carbocycles. The molecule has 210 valence electrons. The van der Waals surface area contributed by atoms with Crippen molar-refractivity contribution in [3.05, 3.63) is 59.1 Å². The number of nitrogens with zero attached hydrogens (tertiary/aromatic N) is 2. The first-order valence-corrected chi connectivity index (χ1v) is 14.1. The molecule has 39 heavy (non-hydrogen) atoms. The molecule has 1 unspecified atom stereocenters. The number of likely N-dealkylation sites (tertiary alicyclic amines) is 1. The molecule has 0 radical (unpaired) electrons. The van der Waals surface area contributed by atoms with E-state index in [4.69, 9.17) is 10.2 Å². The third kappa shape index (κ3) is 4.67. The Balaban J connectivity index is 1.53. The summed E-state index contributed by atoms with van der Waals surface area (Å²) in [6.07, 6.45) is 12.3. The van der Waals surface area contributed by atoms with Crippen molar-refractivity contribution in [3.63, 3.8) is 0 Å². The van der Waals surface area contributed by atoms with E-state index in [2.05, 4.69) is 11.8 Å². The smallest absolute Gasteiger partial charge is 0.252 e. The molecule has 4 atom stereocenters. The predicted molar refractivity (Wildman–Crippen MR) is 149 cm³/mol. The Kier molecular flexibility index (Phi) is 7.37. The Morgan fingerprint density at radius 2 is 2.00 bits per heavy atom. The van der Waals surface area contributed by atoms with Crippen LogP contribution in [0.2, 0.25) is 0 Å². The Labute approximate surface area is 230 Å². The van der Waals surface area contributed by atoms with E-state index < -0.39 is 16.9 Å². The van der Waals surface area contributed by atoms with E-state index in [0.717, 1.165) is 24.2 Å². The summed E-state index contributed by atoms with van der Waals surface area (Å²) in [6, 6.07) is 4.84. The zero-order valence-electron chi connectivity index (χ0n) is 23.2. The number of primary amides is 1. The minimum absolute atomic E-state index is 0.0616. The average molecular weight is 536 g/mol. The van der Waals surface area contributed by atoms with Crippen molar-refractivity contribution in [3.8, 4) is 5.75 Å². The molecule has 2 aromatic rings. The van der Waals surface area contributed by atoms with Gasteiger partial charge in [0.2, 0.25) is 5.91 Å². The molecule has 1 aliphatic heterocycles. The Hall–Kier alpha value is -3.10. The van der Waals surface area contributed by atoms with E-state index in [-0.39, 0.29) is 29.3 Å². The number of fused-ring (bicyclic) bond motifs is 1. The fraction of sp³-hybridized carbons (Fsp3) is 0.548. The second-order valence-electron chi connectivity index (χ2n) is 12.0. The SMILES string of the molecule is Cc1ccc(C(N)=O)c(O)c1[C@]12CCN(CC3CCC3)[C@H](C)[C@]1(O)CCC(N(C)C(=O)/C=C/c1ccoc1)C2. The number of carbonyl (C=O) groups is 2. The van der Waals surface area contributed by atoms with Crippen LogP contribution in [0.1, 0.15) is 78.9 Å². The number of phenols is 1. The molecule has 0 bridgehead atoms. The number of benzene rings is 1. The maximum absolute atomic E-state index is 13.2.